The fourth-order valence-electron chi connectivity index (χ4n) is 4.79. The number of hydrogen-bond donors (Lipinski definition) is 2. The summed E-state index contributed by atoms with van der Waals surface area (Å²) < 4.78 is 0. The SMILES string of the molecule is CCNC(=NCCC(=O)N1CCCCC1C)NC1CCN(Cc2ccccc2)C(C)C1. The molecule has 1 aromatic rings. The van der Waals surface area contributed by atoms with E-state index in [1.807, 2.05) is 4.90 Å². The molecule has 2 aliphatic heterocycles. The molecule has 3 rings (SSSR count). The molecule has 3 atom stereocenters. The Morgan fingerprint density at radius 1 is 1.10 bits per heavy atom. The zero-order chi connectivity index (χ0) is 22.1. The van der Waals surface area contributed by atoms with Gasteiger partial charge in [0, 0.05) is 50.7 Å². The largest absolute Gasteiger partial charge is 0.357 e. The zero-order valence-corrected chi connectivity index (χ0v) is 19.6. The van der Waals surface area contributed by atoms with Gasteiger partial charge < -0.3 is 15.5 Å². The van der Waals surface area contributed by atoms with E-state index >= 15 is 0 Å². The number of carbonyl (C=O) groups is 1. The lowest BCUT2D eigenvalue weighted by atomic mass is 9.97. The second-order valence-corrected chi connectivity index (χ2v) is 9.11. The highest BCUT2D eigenvalue weighted by molar-refractivity contribution is 5.81. The molecule has 0 radical (unpaired) electrons. The van der Waals surface area contributed by atoms with Crippen molar-refractivity contribution in [1.82, 2.24) is 20.4 Å². The summed E-state index contributed by atoms with van der Waals surface area (Å²) in [7, 11) is 0. The van der Waals surface area contributed by atoms with E-state index in [0.717, 1.165) is 57.8 Å². The first kappa shape index (κ1) is 23.6. The number of nitrogens with zero attached hydrogens (tertiary/aromatic N) is 3. The van der Waals surface area contributed by atoms with Crippen LogP contribution < -0.4 is 10.6 Å². The Morgan fingerprint density at radius 2 is 1.90 bits per heavy atom. The molecule has 3 unspecified atom stereocenters. The van der Waals surface area contributed by atoms with Crippen molar-refractivity contribution >= 4 is 11.9 Å². The van der Waals surface area contributed by atoms with Gasteiger partial charge in [-0.15, -0.1) is 0 Å². The first-order valence-corrected chi connectivity index (χ1v) is 12.2. The van der Waals surface area contributed by atoms with E-state index in [0.29, 0.717) is 31.1 Å². The fraction of sp³-hybridized carbons (Fsp3) is 0.680. The van der Waals surface area contributed by atoms with Crippen LogP contribution >= 0.6 is 0 Å². The normalized spacial score (nSPS) is 25.3. The molecule has 172 valence electrons. The lowest BCUT2D eigenvalue weighted by molar-refractivity contribution is -0.134. The third kappa shape index (κ3) is 7.23. The Kier molecular flexibility index (Phi) is 9.19. The molecule has 31 heavy (non-hydrogen) atoms. The number of rotatable bonds is 7. The molecule has 0 saturated carbocycles. The second kappa shape index (κ2) is 12.1. The molecule has 0 aliphatic carbocycles. The maximum Gasteiger partial charge on any atom is 0.224 e. The van der Waals surface area contributed by atoms with E-state index in [9.17, 15) is 4.79 Å². The van der Waals surface area contributed by atoms with E-state index < -0.39 is 0 Å². The number of benzene rings is 1. The predicted octanol–water partition coefficient (Wildman–Crippen LogP) is 3.39. The van der Waals surface area contributed by atoms with Crippen molar-refractivity contribution in [3.8, 4) is 0 Å². The van der Waals surface area contributed by atoms with Gasteiger partial charge in [-0.3, -0.25) is 14.7 Å². The summed E-state index contributed by atoms with van der Waals surface area (Å²) in [5, 5.41) is 6.98. The lowest BCUT2D eigenvalue weighted by Gasteiger charge is -2.38. The van der Waals surface area contributed by atoms with Crippen LogP contribution in [0.4, 0.5) is 0 Å². The fourth-order valence-corrected chi connectivity index (χ4v) is 4.79. The van der Waals surface area contributed by atoms with Gasteiger partial charge >= 0.3 is 0 Å². The van der Waals surface area contributed by atoms with Gasteiger partial charge in [0.2, 0.25) is 5.91 Å². The number of piperidine rings is 2. The Labute approximate surface area is 188 Å². The molecule has 2 saturated heterocycles. The summed E-state index contributed by atoms with van der Waals surface area (Å²) in [6.45, 7) is 10.9. The highest BCUT2D eigenvalue weighted by Crippen LogP contribution is 2.20. The van der Waals surface area contributed by atoms with Crippen molar-refractivity contribution in [3.63, 3.8) is 0 Å². The third-order valence-corrected chi connectivity index (χ3v) is 6.65. The van der Waals surface area contributed by atoms with Crippen LogP contribution in [0.3, 0.4) is 0 Å². The molecule has 1 amide bonds. The number of nitrogens with one attached hydrogen (secondary N) is 2. The summed E-state index contributed by atoms with van der Waals surface area (Å²) >= 11 is 0. The van der Waals surface area contributed by atoms with Crippen molar-refractivity contribution in [2.24, 2.45) is 4.99 Å². The van der Waals surface area contributed by atoms with Gasteiger partial charge in [-0.25, -0.2) is 0 Å². The van der Waals surface area contributed by atoms with Crippen molar-refractivity contribution in [2.75, 3.05) is 26.2 Å². The van der Waals surface area contributed by atoms with Crippen molar-refractivity contribution in [3.05, 3.63) is 35.9 Å². The highest BCUT2D eigenvalue weighted by atomic mass is 16.2. The van der Waals surface area contributed by atoms with Crippen molar-refractivity contribution in [1.29, 1.82) is 0 Å². The Morgan fingerprint density at radius 3 is 2.61 bits per heavy atom. The zero-order valence-electron chi connectivity index (χ0n) is 19.6. The Balaban J connectivity index is 1.46. The van der Waals surface area contributed by atoms with Crippen LogP contribution in [0.5, 0.6) is 0 Å². The summed E-state index contributed by atoms with van der Waals surface area (Å²) in [6.07, 6.45) is 6.19. The molecule has 1 aromatic carbocycles. The Bertz CT molecular complexity index is 707. The molecule has 2 fully saturated rings. The van der Waals surface area contributed by atoms with Crippen LogP contribution in [0.25, 0.3) is 0 Å². The van der Waals surface area contributed by atoms with Gasteiger partial charge in [-0.1, -0.05) is 30.3 Å². The number of hydrogen-bond acceptors (Lipinski definition) is 3. The summed E-state index contributed by atoms with van der Waals surface area (Å²) in [6, 6.07) is 12.0. The first-order chi connectivity index (χ1) is 15.1. The van der Waals surface area contributed by atoms with E-state index in [4.69, 9.17) is 4.99 Å². The van der Waals surface area contributed by atoms with Crippen LogP contribution in [-0.4, -0.2) is 66.0 Å². The monoisotopic (exact) mass is 427 g/mol. The maximum absolute atomic E-state index is 12.6. The third-order valence-electron chi connectivity index (χ3n) is 6.65. The van der Waals surface area contributed by atoms with Crippen molar-refractivity contribution < 1.29 is 4.79 Å². The minimum Gasteiger partial charge on any atom is -0.357 e. The van der Waals surface area contributed by atoms with Crippen LogP contribution in [0.15, 0.2) is 35.3 Å². The van der Waals surface area contributed by atoms with E-state index in [1.165, 1.54) is 12.0 Å². The lowest BCUT2D eigenvalue weighted by Crippen LogP contribution is -2.51. The van der Waals surface area contributed by atoms with Gasteiger partial charge in [0.05, 0.1) is 6.54 Å². The first-order valence-electron chi connectivity index (χ1n) is 12.2. The smallest absolute Gasteiger partial charge is 0.224 e. The highest BCUT2D eigenvalue weighted by Gasteiger charge is 2.26. The topological polar surface area (TPSA) is 60.0 Å². The van der Waals surface area contributed by atoms with Crippen LogP contribution in [-0.2, 0) is 11.3 Å². The average molecular weight is 428 g/mol. The van der Waals surface area contributed by atoms with Gasteiger partial charge in [0.25, 0.3) is 0 Å². The number of aliphatic imine (C=N–C) groups is 1. The standard InChI is InChI=1S/C25H41N5O/c1-4-26-25(27-15-13-24(31)30-16-9-8-10-20(30)2)28-23-14-17-29(21(3)18-23)19-22-11-6-5-7-12-22/h5-7,11-12,20-21,23H,4,8-10,13-19H2,1-3H3,(H2,26,27,28). The average Bonchev–Trinajstić information content (AvgIpc) is 2.77. The second-order valence-electron chi connectivity index (χ2n) is 9.11. The van der Waals surface area contributed by atoms with Gasteiger partial charge in [0.15, 0.2) is 5.96 Å². The Hall–Kier alpha value is -2.08. The molecule has 6 heteroatoms. The van der Waals surface area contributed by atoms with Crippen LogP contribution in [0, 0.1) is 0 Å². The number of guanidine groups is 1. The van der Waals surface area contributed by atoms with E-state index in [2.05, 4.69) is 66.6 Å². The summed E-state index contributed by atoms with van der Waals surface area (Å²) in [4.78, 5) is 21.9. The minimum atomic E-state index is 0.245. The molecule has 2 aliphatic rings. The molecule has 2 heterocycles. The van der Waals surface area contributed by atoms with Crippen molar-refractivity contribution in [2.45, 2.75) is 84.0 Å². The van der Waals surface area contributed by atoms with Crippen LogP contribution in [0.2, 0.25) is 0 Å². The van der Waals surface area contributed by atoms with E-state index in [-0.39, 0.29) is 5.91 Å². The quantitative estimate of drug-likeness (QED) is 0.517. The van der Waals surface area contributed by atoms with Gasteiger partial charge in [0.1, 0.15) is 0 Å². The van der Waals surface area contributed by atoms with Crippen LogP contribution in [0.1, 0.15) is 64.9 Å². The molecule has 0 spiro atoms. The number of amides is 1. The van der Waals surface area contributed by atoms with Gasteiger partial charge in [-0.2, -0.15) is 0 Å². The molecule has 2 N–H and O–H groups in total. The minimum absolute atomic E-state index is 0.245. The molecular formula is C25H41N5O. The molecule has 6 nitrogen and oxygen atoms in total. The molecule has 0 aromatic heterocycles. The predicted molar refractivity (Wildman–Crippen MR) is 128 cm³/mol. The number of likely N-dealkylation sites (tertiary alicyclic amines) is 2. The number of carbonyl (C=O) groups excluding carboxylic acids is 1. The summed E-state index contributed by atoms with van der Waals surface area (Å²) in [5.74, 6) is 1.09. The van der Waals surface area contributed by atoms with E-state index in [1.54, 1.807) is 0 Å². The van der Waals surface area contributed by atoms with Gasteiger partial charge in [-0.05, 0) is 58.4 Å². The maximum atomic E-state index is 12.6. The summed E-state index contributed by atoms with van der Waals surface area (Å²) in [5.41, 5.74) is 1.38. The molecule has 0 bridgehead atoms. The molecular weight excluding hydrogens is 386 g/mol.